The molecule has 110 valence electrons. The van der Waals surface area contributed by atoms with Gasteiger partial charge in [-0.25, -0.2) is 0 Å². The van der Waals surface area contributed by atoms with Gasteiger partial charge in [0.2, 0.25) is 5.91 Å². The average molecular weight is 283 g/mol. The third-order valence-corrected chi connectivity index (χ3v) is 3.39. The number of primary amides is 1. The standard InChI is InChI=1S/C13H17NO6/c14-13(19)7-3-1-2-6(4-7)12-11(18)10(17)9(16)8(5-15)20-12/h1-4,8-12,15-18H,5H2,(H2,14,19)/t8-,9-,10+,11+,12-/m1/s1. The fourth-order valence-electron chi connectivity index (χ4n) is 2.25. The van der Waals surface area contributed by atoms with Gasteiger partial charge >= 0.3 is 0 Å². The summed E-state index contributed by atoms with van der Waals surface area (Å²) in [6.45, 7) is -0.503. The Morgan fingerprint density at radius 3 is 2.50 bits per heavy atom. The van der Waals surface area contributed by atoms with E-state index in [1.165, 1.54) is 12.1 Å². The molecule has 1 aliphatic heterocycles. The number of hydrogen-bond donors (Lipinski definition) is 5. The number of benzene rings is 1. The molecule has 2 rings (SSSR count). The minimum absolute atomic E-state index is 0.236. The Kier molecular flexibility index (Phi) is 4.36. The van der Waals surface area contributed by atoms with E-state index in [0.717, 1.165) is 0 Å². The van der Waals surface area contributed by atoms with Crippen molar-refractivity contribution < 1.29 is 30.0 Å². The Morgan fingerprint density at radius 2 is 1.90 bits per heavy atom. The van der Waals surface area contributed by atoms with Crippen LogP contribution < -0.4 is 5.73 Å². The number of aliphatic hydroxyl groups is 4. The number of rotatable bonds is 3. The number of aliphatic hydroxyl groups excluding tert-OH is 4. The summed E-state index contributed by atoms with van der Waals surface area (Å²) < 4.78 is 5.39. The molecular weight excluding hydrogens is 266 g/mol. The summed E-state index contributed by atoms with van der Waals surface area (Å²) in [5.41, 5.74) is 5.84. The van der Waals surface area contributed by atoms with Gasteiger partial charge in [0.1, 0.15) is 30.5 Å². The van der Waals surface area contributed by atoms with Gasteiger partial charge in [0, 0.05) is 5.56 Å². The molecule has 5 atom stereocenters. The molecule has 1 aromatic rings. The molecule has 0 bridgehead atoms. The largest absolute Gasteiger partial charge is 0.394 e. The Labute approximate surface area is 115 Å². The number of ether oxygens (including phenoxy) is 1. The molecule has 0 radical (unpaired) electrons. The van der Waals surface area contributed by atoms with Crippen molar-refractivity contribution in [2.75, 3.05) is 6.61 Å². The summed E-state index contributed by atoms with van der Waals surface area (Å²) in [5.74, 6) is -0.628. The van der Waals surface area contributed by atoms with E-state index in [2.05, 4.69) is 0 Å². The molecule has 1 heterocycles. The first-order valence-electron chi connectivity index (χ1n) is 6.16. The van der Waals surface area contributed by atoms with Gasteiger partial charge in [-0.3, -0.25) is 4.79 Å². The maximum Gasteiger partial charge on any atom is 0.248 e. The zero-order valence-electron chi connectivity index (χ0n) is 10.6. The molecule has 1 saturated heterocycles. The maximum absolute atomic E-state index is 11.1. The molecule has 1 fully saturated rings. The highest BCUT2D eigenvalue weighted by atomic mass is 16.5. The van der Waals surface area contributed by atoms with Gasteiger partial charge < -0.3 is 30.9 Å². The van der Waals surface area contributed by atoms with E-state index in [1.807, 2.05) is 0 Å². The highest BCUT2D eigenvalue weighted by Crippen LogP contribution is 2.32. The Hall–Kier alpha value is -1.51. The van der Waals surface area contributed by atoms with Crippen molar-refractivity contribution in [2.45, 2.75) is 30.5 Å². The van der Waals surface area contributed by atoms with Gasteiger partial charge in [-0.15, -0.1) is 0 Å². The molecule has 0 unspecified atom stereocenters. The molecule has 0 saturated carbocycles. The highest BCUT2D eigenvalue weighted by molar-refractivity contribution is 5.92. The van der Waals surface area contributed by atoms with Gasteiger partial charge in [0.15, 0.2) is 0 Å². The molecule has 6 N–H and O–H groups in total. The van der Waals surface area contributed by atoms with Crippen LogP contribution in [0.5, 0.6) is 0 Å². The van der Waals surface area contributed by atoms with Gasteiger partial charge in [0.05, 0.1) is 6.61 Å². The number of amides is 1. The van der Waals surface area contributed by atoms with E-state index in [0.29, 0.717) is 5.56 Å². The van der Waals surface area contributed by atoms with Gasteiger partial charge in [-0.05, 0) is 17.7 Å². The van der Waals surface area contributed by atoms with Crippen molar-refractivity contribution in [2.24, 2.45) is 5.73 Å². The first-order chi connectivity index (χ1) is 9.45. The smallest absolute Gasteiger partial charge is 0.248 e. The van der Waals surface area contributed by atoms with Crippen molar-refractivity contribution in [1.82, 2.24) is 0 Å². The molecule has 0 aromatic heterocycles. The van der Waals surface area contributed by atoms with Gasteiger partial charge in [-0.2, -0.15) is 0 Å². The van der Waals surface area contributed by atoms with Gasteiger partial charge in [-0.1, -0.05) is 12.1 Å². The molecule has 20 heavy (non-hydrogen) atoms. The quantitative estimate of drug-likeness (QED) is 0.449. The van der Waals surface area contributed by atoms with Crippen LogP contribution in [-0.2, 0) is 4.74 Å². The topological polar surface area (TPSA) is 133 Å². The summed E-state index contributed by atoms with van der Waals surface area (Å²) in [5, 5.41) is 38.5. The second-order valence-electron chi connectivity index (χ2n) is 4.74. The minimum Gasteiger partial charge on any atom is -0.394 e. The lowest BCUT2D eigenvalue weighted by atomic mass is 9.90. The number of carbonyl (C=O) groups excluding carboxylic acids is 1. The molecule has 1 aliphatic rings. The van der Waals surface area contributed by atoms with E-state index in [-0.39, 0.29) is 5.56 Å². The van der Waals surface area contributed by atoms with Crippen molar-refractivity contribution in [3.8, 4) is 0 Å². The SMILES string of the molecule is NC(=O)c1cccc([C@H]2O[C@H](CO)[C@@H](O)[C@H](O)[C@@H]2O)c1. The second-order valence-corrected chi connectivity index (χ2v) is 4.74. The predicted octanol–water partition coefficient (Wildman–Crippen LogP) is -1.70. The molecule has 0 spiro atoms. The Morgan fingerprint density at radius 1 is 1.20 bits per heavy atom. The first-order valence-corrected chi connectivity index (χ1v) is 6.16. The third kappa shape index (κ3) is 2.67. The highest BCUT2D eigenvalue weighted by Gasteiger charge is 2.43. The van der Waals surface area contributed by atoms with Crippen molar-refractivity contribution in [1.29, 1.82) is 0 Å². The zero-order valence-corrected chi connectivity index (χ0v) is 10.6. The van der Waals surface area contributed by atoms with E-state index < -0.39 is 43.0 Å². The van der Waals surface area contributed by atoms with Crippen LogP contribution in [0.15, 0.2) is 24.3 Å². The molecule has 7 heteroatoms. The molecular formula is C13H17NO6. The number of nitrogens with two attached hydrogens (primary N) is 1. The van der Waals surface area contributed by atoms with Crippen molar-refractivity contribution in [3.05, 3.63) is 35.4 Å². The van der Waals surface area contributed by atoms with E-state index >= 15 is 0 Å². The second kappa shape index (κ2) is 5.86. The van der Waals surface area contributed by atoms with Crippen molar-refractivity contribution >= 4 is 5.91 Å². The van der Waals surface area contributed by atoms with Crippen LogP contribution in [0.25, 0.3) is 0 Å². The summed E-state index contributed by atoms with van der Waals surface area (Å²) in [6.07, 6.45) is -6.20. The van der Waals surface area contributed by atoms with E-state index in [9.17, 15) is 20.1 Å². The van der Waals surface area contributed by atoms with Crippen molar-refractivity contribution in [3.63, 3.8) is 0 Å². The summed E-state index contributed by atoms with van der Waals surface area (Å²) in [7, 11) is 0. The molecule has 7 nitrogen and oxygen atoms in total. The lowest BCUT2D eigenvalue weighted by Gasteiger charge is -2.40. The minimum atomic E-state index is -1.46. The lowest BCUT2D eigenvalue weighted by Crippen LogP contribution is -2.55. The average Bonchev–Trinajstić information content (AvgIpc) is 2.45. The molecule has 1 amide bonds. The Bertz CT molecular complexity index is 492. The normalized spacial score (nSPS) is 33.9. The third-order valence-electron chi connectivity index (χ3n) is 3.39. The fourth-order valence-corrected chi connectivity index (χ4v) is 2.25. The number of carbonyl (C=O) groups is 1. The summed E-state index contributed by atoms with van der Waals surface area (Å²) in [4.78, 5) is 11.1. The summed E-state index contributed by atoms with van der Waals surface area (Å²) in [6, 6.07) is 6.11. The van der Waals surface area contributed by atoms with Crippen LogP contribution in [0.2, 0.25) is 0 Å². The van der Waals surface area contributed by atoms with Gasteiger partial charge in [0.25, 0.3) is 0 Å². The fraction of sp³-hybridized carbons (Fsp3) is 0.462. The monoisotopic (exact) mass is 283 g/mol. The number of hydrogen-bond acceptors (Lipinski definition) is 6. The molecule has 1 aromatic carbocycles. The van der Waals surface area contributed by atoms with E-state index in [4.69, 9.17) is 15.6 Å². The zero-order chi connectivity index (χ0) is 14.9. The van der Waals surface area contributed by atoms with Crippen LogP contribution in [0.1, 0.15) is 22.0 Å². The maximum atomic E-state index is 11.1. The first kappa shape index (κ1) is 14.9. The lowest BCUT2D eigenvalue weighted by molar-refractivity contribution is -0.231. The molecule has 0 aliphatic carbocycles. The van der Waals surface area contributed by atoms with Crippen LogP contribution in [0.3, 0.4) is 0 Å². The summed E-state index contributed by atoms with van der Waals surface area (Å²) >= 11 is 0. The Balaban J connectivity index is 2.31. The van der Waals surface area contributed by atoms with E-state index in [1.54, 1.807) is 12.1 Å². The van der Waals surface area contributed by atoms with Crippen LogP contribution >= 0.6 is 0 Å². The van der Waals surface area contributed by atoms with Crippen LogP contribution in [0.4, 0.5) is 0 Å². The van der Waals surface area contributed by atoms with Crippen LogP contribution in [0, 0.1) is 0 Å². The van der Waals surface area contributed by atoms with Crippen LogP contribution in [-0.4, -0.2) is 57.4 Å². The predicted molar refractivity (Wildman–Crippen MR) is 67.7 cm³/mol.